The van der Waals surface area contributed by atoms with Crippen LogP contribution in [0.5, 0.6) is 0 Å². The summed E-state index contributed by atoms with van der Waals surface area (Å²) in [5, 5.41) is 9.36. The average molecular weight is 580 g/mol. The number of hydrogen-bond acceptors (Lipinski definition) is 5. The van der Waals surface area contributed by atoms with Crippen molar-refractivity contribution in [3.8, 4) is 5.82 Å². The number of benzene rings is 4. The molecule has 0 bridgehead atoms. The molecule has 4 aromatic carbocycles. The van der Waals surface area contributed by atoms with E-state index in [2.05, 4.69) is 52.8 Å². The van der Waals surface area contributed by atoms with Crippen molar-refractivity contribution in [1.82, 2.24) is 24.1 Å². The summed E-state index contributed by atoms with van der Waals surface area (Å²) in [6.45, 7) is 6.28. The molecule has 4 aromatic heterocycles. The van der Waals surface area contributed by atoms with Gasteiger partial charge in [0.1, 0.15) is 11.6 Å². The van der Waals surface area contributed by atoms with Gasteiger partial charge in [-0.05, 0) is 54.3 Å². The summed E-state index contributed by atoms with van der Waals surface area (Å²) >= 11 is 0. The number of fused-ring (bicyclic) bond motifs is 11. The molecule has 7 nitrogen and oxygen atoms in total. The molecule has 0 radical (unpaired) electrons. The van der Waals surface area contributed by atoms with Crippen molar-refractivity contribution < 1.29 is 8.42 Å². The molecule has 0 aliphatic carbocycles. The Balaban J connectivity index is 1.31. The molecule has 8 aromatic rings. The molecule has 9 rings (SSSR count). The Labute approximate surface area is 247 Å². The maximum atomic E-state index is 14.3. The van der Waals surface area contributed by atoms with E-state index in [1.807, 2.05) is 49.4 Å². The Kier molecular flexibility index (Phi) is 4.59. The van der Waals surface area contributed by atoms with Crippen LogP contribution in [0.1, 0.15) is 30.8 Å². The highest BCUT2D eigenvalue weighted by Gasteiger charge is 2.36. The van der Waals surface area contributed by atoms with Gasteiger partial charge in [-0.15, -0.1) is 0 Å². The molecule has 8 heteroatoms. The Morgan fingerprint density at radius 2 is 1.42 bits per heavy atom. The van der Waals surface area contributed by atoms with Gasteiger partial charge < -0.3 is 0 Å². The standard InChI is InChI=1S/C35H25N5O2S/c1-20-37-33-27-18-21(13-15-23(27)24-8-4-5-12-30(24)40(33)38-20)43(41,42)22-14-16-25-26-9-6-10-28-32(26)39(31(25)19-22)34-29(35(28,2)3)11-7-17-36-34/h4-19H,1-3H3. The first-order chi connectivity index (χ1) is 20.7. The van der Waals surface area contributed by atoms with Crippen LogP contribution in [0.2, 0.25) is 0 Å². The summed E-state index contributed by atoms with van der Waals surface area (Å²) in [6.07, 6.45) is 1.80. The average Bonchev–Trinajstić information content (AvgIpc) is 3.58. The molecule has 208 valence electrons. The van der Waals surface area contributed by atoms with Crippen molar-refractivity contribution in [2.45, 2.75) is 36.0 Å². The first-order valence-corrected chi connectivity index (χ1v) is 15.7. The van der Waals surface area contributed by atoms with E-state index in [9.17, 15) is 8.42 Å². The van der Waals surface area contributed by atoms with Crippen molar-refractivity contribution in [3.05, 3.63) is 114 Å². The fraction of sp³-hybridized carbons (Fsp3) is 0.114. The van der Waals surface area contributed by atoms with E-state index in [0.29, 0.717) is 11.5 Å². The highest BCUT2D eigenvalue weighted by molar-refractivity contribution is 7.91. The minimum atomic E-state index is -3.88. The van der Waals surface area contributed by atoms with Crippen LogP contribution < -0.4 is 0 Å². The van der Waals surface area contributed by atoms with Gasteiger partial charge in [-0.2, -0.15) is 5.10 Å². The van der Waals surface area contributed by atoms with Gasteiger partial charge in [-0.25, -0.2) is 22.9 Å². The lowest BCUT2D eigenvalue weighted by Crippen LogP contribution is -2.26. The summed E-state index contributed by atoms with van der Waals surface area (Å²) in [5.74, 6) is 1.46. The number of sulfone groups is 1. The van der Waals surface area contributed by atoms with Crippen LogP contribution in [0.15, 0.2) is 107 Å². The second-order valence-electron chi connectivity index (χ2n) is 11.8. The van der Waals surface area contributed by atoms with Gasteiger partial charge in [0.15, 0.2) is 5.65 Å². The van der Waals surface area contributed by atoms with Gasteiger partial charge in [0.2, 0.25) is 9.84 Å². The van der Waals surface area contributed by atoms with Crippen molar-refractivity contribution in [3.63, 3.8) is 0 Å². The summed E-state index contributed by atoms with van der Waals surface area (Å²) < 4.78 is 32.5. The lowest BCUT2D eigenvalue weighted by atomic mass is 9.76. The third-order valence-corrected chi connectivity index (χ3v) is 10.8. The lowest BCUT2D eigenvalue weighted by Gasteiger charge is -2.33. The first-order valence-electron chi connectivity index (χ1n) is 14.2. The maximum absolute atomic E-state index is 14.3. The second kappa shape index (κ2) is 8.05. The van der Waals surface area contributed by atoms with Crippen molar-refractivity contribution in [1.29, 1.82) is 0 Å². The molecule has 0 unspecified atom stereocenters. The zero-order valence-corrected chi connectivity index (χ0v) is 24.5. The topological polar surface area (TPSA) is 82.1 Å². The Hall–Kier alpha value is -5.08. The van der Waals surface area contributed by atoms with E-state index in [1.54, 1.807) is 35.0 Å². The molecule has 0 spiro atoms. The van der Waals surface area contributed by atoms with Crippen LogP contribution in [0, 0.1) is 6.92 Å². The molecule has 43 heavy (non-hydrogen) atoms. The van der Waals surface area contributed by atoms with Gasteiger partial charge in [0.05, 0.1) is 26.3 Å². The number of nitrogens with zero attached hydrogens (tertiary/aromatic N) is 5. The van der Waals surface area contributed by atoms with Gasteiger partial charge in [-0.1, -0.05) is 68.4 Å². The molecule has 0 fully saturated rings. The van der Waals surface area contributed by atoms with Gasteiger partial charge in [0, 0.05) is 38.7 Å². The molecule has 0 saturated carbocycles. The largest absolute Gasteiger partial charge is 0.293 e. The summed E-state index contributed by atoms with van der Waals surface area (Å²) in [6, 6.07) is 29.2. The monoisotopic (exact) mass is 579 g/mol. The molecular weight excluding hydrogens is 554 g/mol. The molecule has 0 atom stereocenters. The molecule has 1 aliphatic heterocycles. The summed E-state index contributed by atoms with van der Waals surface area (Å²) in [4.78, 5) is 9.92. The molecule has 5 heterocycles. The Morgan fingerprint density at radius 1 is 0.698 bits per heavy atom. The van der Waals surface area contributed by atoms with Crippen LogP contribution in [0.4, 0.5) is 0 Å². The lowest BCUT2D eigenvalue weighted by molar-refractivity contribution is 0.596. The van der Waals surface area contributed by atoms with E-state index in [0.717, 1.165) is 54.9 Å². The number of pyridine rings is 2. The summed E-state index contributed by atoms with van der Waals surface area (Å²) in [7, 11) is -3.88. The molecular formula is C35H25N5O2S. The fourth-order valence-corrected chi connectivity index (χ4v) is 8.34. The quantitative estimate of drug-likeness (QED) is 0.201. The molecule has 0 saturated heterocycles. The number of para-hydroxylation sites is 2. The maximum Gasteiger partial charge on any atom is 0.206 e. The highest BCUT2D eigenvalue weighted by atomic mass is 32.2. The number of aryl methyl sites for hydroxylation is 1. The zero-order valence-electron chi connectivity index (χ0n) is 23.7. The van der Waals surface area contributed by atoms with Crippen LogP contribution in [-0.2, 0) is 15.3 Å². The Morgan fingerprint density at radius 3 is 2.28 bits per heavy atom. The van der Waals surface area contributed by atoms with Crippen LogP contribution >= 0.6 is 0 Å². The Bertz CT molecular complexity index is 2630. The number of aromatic nitrogens is 5. The van der Waals surface area contributed by atoms with Crippen molar-refractivity contribution >= 4 is 59.0 Å². The SMILES string of the molecule is Cc1nc2c3cc(S(=O)(=O)c4ccc5c6cccc7c6n(c5c4)-c4ncccc4C7(C)C)ccc3c3ccccc3n2n1. The third kappa shape index (κ3) is 3.08. The molecule has 0 amide bonds. The first kappa shape index (κ1) is 24.5. The minimum absolute atomic E-state index is 0.215. The normalized spacial score (nSPS) is 14.3. The minimum Gasteiger partial charge on any atom is -0.293 e. The van der Waals surface area contributed by atoms with E-state index in [1.165, 1.54) is 5.56 Å². The number of hydrogen-bond donors (Lipinski definition) is 0. The van der Waals surface area contributed by atoms with Gasteiger partial charge >= 0.3 is 0 Å². The van der Waals surface area contributed by atoms with Gasteiger partial charge in [0.25, 0.3) is 0 Å². The second-order valence-corrected chi connectivity index (χ2v) is 13.8. The van der Waals surface area contributed by atoms with Crippen LogP contribution in [0.25, 0.3) is 54.9 Å². The van der Waals surface area contributed by atoms with Crippen LogP contribution in [0.3, 0.4) is 0 Å². The van der Waals surface area contributed by atoms with Crippen molar-refractivity contribution in [2.24, 2.45) is 0 Å². The number of rotatable bonds is 2. The van der Waals surface area contributed by atoms with Gasteiger partial charge in [-0.3, -0.25) is 4.57 Å². The van der Waals surface area contributed by atoms with Crippen molar-refractivity contribution in [2.75, 3.05) is 0 Å². The predicted molar refractivity (Wildman–Crippen MR) is 169 cm³/mol. The predicted octanol–water partition coefficient (Wildman–Crippen LogP) is 7.31. The van der Waals surface area contributed by atoms with Crippen LogP contribution in [-0.4, -0.2) is 32.6 Å². The zero-order chi connectivity index (χ0) is 29.2. The fourth-order valence-electron chi connectivity index (χ4n) is 7.04. The van der Waals surface area contributed by atoms with E-state index in [-0.39, 0.29) is 15.2 Å². The van der Waals surface area contributed by atoms with E-state index in [4.69, 9.17) is 4.98 Å². The van der Waals surface area contributed by atoms with E-state index < -0.39 is 9.84 Å². The summed E-state index contributed by atoms with van der Waals surface area (Å²) in [5.41, 5.74) is 5.52. The third-order valence-electron chi connectivity index (χ3n) is 9.09. The highest BCUT2D eigenvalue weighted by Crippen LogP contribution is 2.47. The smallest absolute Gasteiger partial charge is 0.206 e. The molecule has 0 N–H and O–H groups in total. The molecule has 1 aliphatic rings. The van der Waals surface area contributed by atoms with E-state index >= 15 is 0 Å².